The molecule has 35 heavy (non-hydrogen) atoms. The molecule has 0 spiro atoms. The minimum absolute atomic E-state index is 0.0875. The first-order valence-electron chi connectivity index (χ1n) is 11.7. The number of halogens is 1. The Labute approximate surface area is 218 Å². The number of carbonyl (C=O) groups is 2. The van der Waals surface area contributed by atoms with Gasteiger partial charge in [0.2, 0.25) is 11.8 Å². The van der Waals surface area contributed by atoms with Crippen LogP contribution in [0.25, 0.3) is 0 Å². The standard InChI is InChI=1S/C29H33ClN2O2S/c1-21-10-16-25(17-11-21)35-20-27(33)32(19-23-12-14-24(30)15-13-23)26(28(34)31-29(2,3)4)18-22-8-6-5-7-9-22/h5-17,26H,18-20H2,1-4H3,(H,31,34)/t26-/m0/s1. The van der Waals surface area contributed by atoms with Gasteiger partial charge in [0, 0.05) is 28.4 Å². The van der Waals surface area contributed by atoms with Crippen molar-refractivity contribution in [1.29, 1.82) is 0 Å². The molecule has 0 saturated heterocycles. The van der Waals surface area contributed by atoms with Gasteiger partial charge in [-0.1, -0.05) is 71.8 Å². The van der Waals surface area contributed by atoms with E-state index in [0.29, 0.717) is 18.0 Å². The molecule has 184 valence electrons. The van der Waals surface area contributed by atoms with Gasteiger partial charge in [-0.25, -0.2) is 0 Å². The van der Waals surface area contributed by atoms with Gasteiger partial charge in [-0.15, -0.1) is 11.8 Å². The molecule has 0 bridgehead atoms. The molecule has 4 nitrogen and oxygen atoms in total. The third kappa shape index (κ3) is 8.75. The number of nitrogens with one attached hydrogen (secondary N) is 1. The molecule has 2 amide bonds. The van der Waals surface area contributed by atoms with Gasteiger partial charge in [-0.2, -0.15) is 0 Å². The van der Waals surface area contributed by atoms with Crippen molar-refractivity contribution >= 4 is 35.2 Å². The van der Waals surface area contributed by atoms with Crippen LogP contribution in [0.3, 0.4) is 0 Å². The van der Waals surface area contributed by atoms with E-state index in [2.05, 4.69) is 5.32 Å². The summed E-state index contributed by atoms with van der Waals surface area (Å²) < 4.78 is 0. The van der Waals surface area contributed by atoms with E-state index in [1.807, 2.05) is 107 Å². The second-order valence-electron chi connectivity index (χ2n) is 9.69. The highest BCUT2D eigenvalue weighted by Crippen LogP contribution is 2.22. The molecule has 0 aliphatic heterocycles. The fourth-order valence-corrected chi connectivity index (χ4v) is 4.57. The van der Waals surface area contributed by atoms with Gasteiger partial charge in [0.15, 0.2) is 0 Å². The van der Waals surface area contributed by atoms with Crippen LogP contribution in [-0.2, 0) is 22.6 Å². The molecule has 0 aromatic heterocycles. The Morgan fingerprint density at radius 3 is 2.14 bits per heavy atom. The van der Waals surface area contributed by atoms with Gasteiger partial charge in [-0.3, -0.25) is 9.59 Å². The Morgan fingerprint density at radius 2 is 1.54 bits per heavy atom. The molecule has 6 heteroatoms. The highest BCUT2D eigenvalue weighted by molar-refractivity contribution is 8.00. The highest BCUT2D eigenvalue weighted by atomic mass is 35.5. The molecule has 3 rings (SSSR count). The lowest BCUT2D eigenvalue weighted by Crippen LogP contribution is -2.54. The monoisotopic (exact) mass is 508 g/mol. The van der Waals surface area contributed by atoms with Crippen LogP contribution < -0.4 is 5.32 Å². The normalized spacial score (nSPS) is 12.1. The molecule has 0 radical (unpaired) electrons. The van der Waals surface area contributed by atoms with E-state index in [4.69, 9.17) is 11.6 Å². The molecule has 0 aliphatic carbocycles. The van der Waals surface area contributed by atoms with Crippen LogP contribution in [0.5, 0.6) is 0 Å². The first-order chi connectivity index (χ1) is 16.6. The number of aryl methyl sites for hydroxylation is 1. The van der Waals surface area contributed by atoms with Crippen molar-refractivity contribution in [2.45, 2.75) is 57.1 Å². The second kappa shape index (κ2) is 12.3. The third-order valence-electron chi connectivity index (χ3n) is 5.42. The van der Waals surface area contributed by atoms with Gasteiger partial charge < -0.3 is 10.2 Å². The van der Waals surface area contributed by atoms with Gasteiger partial charge >= 0.3 is 0 Å². The molecule has 0 saturated carbocycles. The molecule has 0 heterocycles. The summed E-state index contributed by atoms with van der Waals surface area (Å²) in [5.74, 6) is -0.00963. The summed E-state index contributed by atoms with van der Waals surface area (Å²) >= 11 is 7.57. The number of amides is 2. The summed E-state index contributed by atoms with van der Waals surface area (Å²) in [5, 5.41) is 3.72. The van der Waals surface area contributed by atoms with Crippen LogP contribution in [-0.4, -0.2) is 34.0 Å². The van der Waals surface area contributed by atoms with Crippen molar-refractivity contribution in [3.05, 3.63) is 101 Å². The van der Waals surface area contributed by atoms with Gasteiger partial charge in [0.25, 0.3) is 0 Å². The minimum Gasteiger partial charge on any atom is -0.350 e. The Bertz CT molecular complexity index is 1110. The van der Waals surface area contributed by atoms with E-state index >= 15 is 0 Å². The zero-order valence-corrected chi connectivity index (χ0v) is 22.3. The molecule has 3 aromatic carbocycles. The lowest BCUT2D eigenvalue weighted by Gasteiger charge is -2.34. The predicted molar refractivity (Wildman–Crippen MR) is 146 cm³/mol. The van der Waals surface area contributed by atoms with Gasteiger partial charge in [0.05, 0.1) is 5.75 Å². The number of thioether (sulfide) groups is 1. The molecule has 1 N–H and O–H groups in total. The Balaban J connectivity index is 1.91. The van der Waals surface area contributed by atoms with E-state index in [-0.39, 0.29) is 17.6 Å². The molecule has 0 fully saturated rings. The Morgan fingerprint density at radius 1 is 0.914 bits per heavy atom. The van der Waals surface area contributed by atoms with Crippen LogP contribution in [0, 0.1) is 6.92 Å². The molecule has 1 atom stereocenters. The van der Waals surface area contributed by atoms with Crippen molar-refractivity contribution in [2.24, 2.45) is 0 Å². The van der Waals surface area contributed by atoms with Crippen LogP contribution in [0.1, 0.15) is 37.5 Å². The number of carbonyl (C=O) groups excluding carboxylic acids is 2. The van der Waals surface area contributed by atoms with Crippen molar-refractivity contribution in [3.8, 4) is 0 Å². The number of rotatable bonds is 9. The Kier molecular flexibility index (Phi) is 9.41. The van der Waals surface area contributed by atoms with Gasteiger partial charge in [0.1, 0.15) is 6.04 Å². The molecule has 0 aliphatic rings. The van der Waals surface area contributed by atoms with E-state index < -0.39 is 11.6 Å². The van der Waals surface area contributed by atoms with Crippen LogP contribution in [0.15, 0.2) is 83.8 Å². The highest BCUT2D eigenvalue weighted by Gasteiger charge is 2.32. The predicted octanol–water partition coefficient (Wildman–Crippen LogP) is 6.30. The summed E-state index contributed by atoms with van der Waals surface area (Å²) in [6.45, 7) is 8.20. The summed E-state index contributed by atoms with van der Waals surface area (Å²) in [7, 11) is 0. The number of benzene rings is 3. The van der Waals surface area contributed by atoms with E-state index in [1.54, 1.807) is 4.90 Å². The van der Waals surface area contributed by atoms with Gasteiger partial charge in [-0.05, 0) is 63.1 Å². The average Bonchev–Trinajstić information content (AvgIpc) is 2.81. The SMILES string of the molecule is Cc1ccc(SCC(=O)N(Cc2ccc(Cl)cc2)[C@@H](Cc2ccccc2)C(=O)NC(C)(C)C)cc1. The van der Waals surface area contributed by atoms with Crippen LogP contribution in [0.2, 0.25) is 5.02 Å². The van der Waals surface area contributed by atoms with Crippen LogP contribution >= 0.6 is 23.4 Å². The number of hydrogen-bond acceptors (Lipinski definition) is 3. The smallest absolute Gasteiger partial charge is 0.243 e. The molecular weight excluding hydrogens is 476 g/mol. The van der Waals surface area contributed by atoms with Crippen molar-refractivity contribution in [3.63, 3.8) is 0 Å². The largest absolute Gasteiger partial charge is 0.350 e. The van der Waals surface area contributed by atoms with E-state index in [9.17, 15) is 9.59 Å². The lowest BCUT2D eigenvalue weighted by molar-refractivity contribution is -0.140. The number of hydrogen-bond donors (Lipinski definition) is 1. The molecule has 0 unspecified atom stereocenters. The van der Waals surface area contributed by atoms with Crippen molar-refractivity contribution in [2.75, 3.05) is 5.75 Å². The fourth-order valence-electron chi connectivity index (χ4n) is 3.66. The maximum atomic E-state index is 13.7. The quantitative estimate of drug-likeness (QED) is 0.345. The summed E-state index contributed by atoms with van der Waals surface area (Å²) in [4.78, 5) is 29.9. The topological polar surface area (TPSA) is 49.4 Å². The minimum atomic E-state index is -0.654. The van der Waals surface area contributed by atoms with E-state index in [1.165, 1.54) is 17.3 Å². The van der Waals surface area contributed by atoms with E-state index in [0.717, 1.165) is 16.0 Å². The first-order valence-corrected chi connectivity index (χ1v) is 13.1. The third-order valence-corrected chi connectivity index (χ3v) is 6.67. The zero-order chi connectivity index (χ0) is 25.4. The van der Waals surface area contributed by atoms with Crippen molar-refractivity contribution < 1.29 is 9.59 Å². The molecule has 3 aromatic rings. The van der Waals surface area contributed by atoms with Crippen molar-refractivity contribution in [1.82, 2.24) is 10.2 Å². The molecular formula is C29H33ClN2O2S. The maximum absolute atomic E-state index is 13.7. The number of nitrogens with zero attached hydrogens (tertiary/aromatic N) is 1. The maximum Gasteiger partial charge on any atom is 0.243 e. The first kappa shape index (κ1) is 26.8. The fraction of sp³-hybridized carbons (Fsp3) is 0.310. The second-order valence-corrected chi connectivity index (χ2v) is 11.2. The Hall–Kier alpha value is -2.76. The lowest BCUT2D eigenvalue weighted by atomic mass is 10.0. The summed E-state index contributed by atoms with van der Waals surface area (Å²) in [5.41, 5.74) is 2.68. The summed E-state index contributed by atoms with van der Waals surface area (Å²) in [6.07, 6.45) is 0.428. The van der Waals surface area contributed by atoms with Crippen LogP contribution in [0.4, 0.5) is 0 Å². The zero-order valence-electron chi connectivity index (χ0n) is 20.8. The summed E-state index contributed by atoms with van der Waals surface area (Å²) in [6, 6.07) is 24.7. The average molecular weight is 509 g/mol.